The maximum atomic E-state index is 12.0. The van der Waals surface area contributed by atoms with Gasteiger partial charge in [-0.25, -0.2) is 0 Å². The van der Waals surface area contributed by atoms with Gasteiger partial charge in [-0.3, -0.25) is 9.59 Å². The Morgan fingerprint density at radius 2 is 1.31 bits per heavy atom. The van der Waals surface area contributed by atoms with Gasteiger partial charge >= 0.3 is 0 Å². The highest BCUT2D eigenvalue weighted by Crippen LogP contribution is 2.07. The Bertz CT molecular complexity index is 709. The lowest BCUT2D eigenvalue weighted by Gasteiger charge is -2.08. The molecule has 0 spiro atoms. The van der Waals surface area contributed by atoms with Gasteiger partial charge in [-0.2, -0.15) is 0 Å². The molecule has 0 saturated heterocycles. The third kappa shape index (κ3) is 6.01. The fraction of sp³-hybridized carbons (Fsp3) is 0.333. The van der Waals surface area contributed by atoms with Crippen LogP contribution in [-0.4, -0.2) is 25.4 Å². The quantitative estimate of drug-likeness (QED) is 0.607. The van der Waals surface area contributed by atoms with Crippen LogP contribution in [0.25, 0.3) is 0 Å². The first-order valence-electron chi connectivity index (χ1n) is 9.03. The molecule has 0 aliphatic rings. The van der Waals surface area contributed by atoms with Crippen LogP contribution in [0.15, 0.2) is 48.5 Å². The molecule has 0 saturated carbocycles. The second-order valence-corrected chi connectivity index (χ2v) is 6.19. The summed E-state index contributed by atoms with van der Waals surface area (Å²) in [6.07, 6.45) is 2.07. The van der Waals surface area contributed by atoms with E-state index in [0.29, 0.717) is 17.7 Å². The fourth-order valence-corrected chi connectivity index (χ4v) is 2.52. The molecule has 0 unspecified atom stereocenters. The molecule has 0 atom stereocenters. The maximum Gasteiger partial charge on any atom is 0.251 e. The molecule has 2 aromatic rings. The molecule has 0 radical (unpaired) electrons. The van der Waals surface area contributed by atoms with E-state index in [4.69, 9.17) is 0 Å². The van der Waals surface area contributed by atoms with Crippen LogP contribution in [0.5, 0.6) is 0 Å². The summed E-state index contributed by atoms with van der Waals surface area (Å²) in [5.41, 5.74) is 3.58. The fourth-order valence-electron chi connectivity index (χ4n) is 2.52. The van der Waals surface area contributed by atoms with Crippen LogP contribution in [0, 0.1) is 0 Å². The highest BCUT2D eigenvalue weighted by Gasteiger charge is 2.05. The number of hydrogen-bond acceptors (Lipinski definition) is 3. The van der Waals surface area contributed by atoms with E-state index < -0.39 is 0 Å². The van der Waals surface area contributed by atoms with Crippen LogP contribution < -0.4 is 16.0 Å². The molecule has 2 aromatic carbocycles. The number of amides is 2. The molecule has 138 valence electrons. The van der Waals surface area contributed by atoms with Gasteiger partial charge < -0.3 is 16.0 Å². The summed E-state index contributed by atoms with van der Waals surface area (Å²) in [7, 11) is 1.62. The number of benzene rings is 2. The number of hydrogen-bond donors (Lipinski definition) is 3. The predicted molar refractivity (Wildman–Crippen MR) is 104 cm³/mol. The average Bonchev–Trinajstić information content (AvgIpc) is 2.68. The Morgan fingerprint density at radius 1 is 0.808 bits per heavy atom. The second kappa shape index (κ2) is 10.4. The normalized spacial score (nSPS) is 10.4. The lowest BCUT2D eigenvalue weighted by atomic mass is 10.1. The van der Waals surface area contributed by atoms with Crippen LogP contribution in [0.4, 0.5) is 0 Å². The number of carbonyl (C=O) groups excluding carboxylic acids is 2. The minimum absolute atomic E-state index is 0.0193. The Balaban J connectivity index is 1.79. The molecule has 3 N–H and O–H groups in total. The van der Waals surface area contributed by atoms with E-state index in [9.17, 15) is 9.59 Å². The van der Waals surface area contributed by atoms with Gasteiger partial charge in [-0.1, -0.05) is 37.6 Å². The van der Waals surface area contributed by atoms with Crippen molar-refractivity contribution in [2.75, 3.05) is 13.6 Å². The predicted octanol–water partition coefficient (Wildman–Crippen LogP) is 2.87. The lowest BCUT2D eigenvalue weighted by molar-refractivity contribution is 0.0948. The third-order valence-electron chi connectivity index (χ3n) is 4.13. The maximum absolute atomic E-state index is 12.0. The van der Waals surface area contributed by atoms with Gasteiger partial charge in [0.2, 0.25) is 0 Å². The van der Waals surface area contributed by atoms with Gasteiger partial charge in [0.25, 0.3) is 11.8 Å². The van der Waals surface area contributed by atoms with E-state index in [-0.39, 0.29) is 11.8 Å². The van der Waals surface area contributed by atoms with Crippen molar-refractivity contribution in [3.63, 3.8) is 0 Å². The van der Waals surface area contributed by atoms with Gasteiger partial charge in [0.15, 0.2) is 0 Å². The van der Waals surface area contributed by atoms with Gasteiger partial charge in [0, 0.05) is 37.8 Å². The highest BCUT2D eigenvalue weighted by atomic mass is 16.2. The molecule has 5 nitrogen and oxygen atoms in total. The number of carbonyl (C=O) groups is 2. The van der Waals surface area contributed by atoms with Crippen molar-refractivity contribution in [3.8, 4) is 0 Å². The van der Waals surface area contributed by atoms with Crippen molar-refractivity contribution in [3.05, 3.63) is 70.8 Å². The molecule has 0 bridgehead atoms. The first-order valence-corrected chi connectivity index (χ1v) is 9.03. The molecule has 0 aliphatic carbocycles. The summed E-state index contributed by atoms with van der Waals surface area (Å²) in [5, 5.41) is 8.90. The van der Waals surface area contributed by atoms with E-state index in [2.05, 4.69) is 22.9 Å². The zero-order valence-electron chi connectivity index (χ0n) is 15.5. The van der Waals surface area contributed by atoms with Gasteiger partial charge in [0.1, 0.15) is 0 Å². The van der Waals surface area contributed by atoms with E-state index in [1.807, 2.05) is 48.5 Å². The van der Waals surface area contributed by atoms with Crippen LogP contribution in [-0.2, 0) is 13.1 Å². The van der Waals surface area contributed by atoms with E-state index in [1.54, 1.807) is 7.05 Å². The zero-order chi connectivity index (χ0) is 18.8. The highest BCUT2D eigenvalue weighted by molar-refractivity contribution is 5.94. The Hall–Kier alpha value is -2.66. The first-order chi connectivity index (χ1) is 12.6. The summed E-state index contributed by atoms with van der Waals surface area (Å²) in [5.74, 6) is -0.0995. The van der Waals surface area contributed by atoms with Crippen molar-refractivity contribution >= 4 is 11.8 Å². The molecule has 2 amide bonds. The van der Waals surface area contributed by atoms with Crippen LogP contribution in [0.1, 0.15) is 51.6 Å². The van der Waals surface area contributed by atoms with Crippen LogP contribution in [0.3, 0.4) is 0 Å². The Labute approximate surface area is 155 Å². The van der Waals surface area contributed by atoms with Crippen molar-refractivity contribution < 1.29 is 9.59 Å². The lowest BCUT2D eigenvalue weighted by Crippen LogP contribution is -2.24. The Kier molecular flexibility index (Phi) is 7.83. The van der Waals surface area contributed by atoms with Crippen LogP contribution >= 0.6 is 0 Å². The molecule has 5 heteroatoms. The summed E-state index contributed by atoms with van der Waals surface area (Å²) < 4.78 is 0. The van der Waals surface area contributed by atoms with Crippen molar-refractivity contribution in [1.29, 1.82) is 0 Å². The molecule has 26 heavy (non-hydrogen) atoms. The summed E-state index contributed by atoms with van der Waals surface area (Å²) in [6.45, 7) is 4.25. The monoisotopic (exact) mass is 353 g/mol. The minimum Gasteiger partial charge on any atom is -0.355 e. The molecule has 0 fully saturated rings. The van der Waals surface area contributed by atoms with E-state index in [1.165, 1.54) is 0 Å². The topological polar surface area (TPSA) is 70.2 Å². The van der Waals surface area contributed by atoms with Crippen molar-refractivity contribution in [2.45, 2.75) is 32.9 Å². The third-order valence-corrected chi connectivity index (χ3v) is 4.13. The van der Waals surface area contributed by atoms with Crippen molar-refractivity contribution in [2.24, 2.45) is 0 Å². The molecular weight excluding hydrogens is 326 g/mol. The largest absolute Gasteiger partial charge is 0.355 e. The van der Waals surface area contributed by atoms with E-state index >= 15 is 0 Å². The Morgan fingerprint density at radius 3 is 1.77 bits per heavy atom. The van der Waals surface area contributed by atoms with E-state index in [0.717, 1.165) is 37.1 Å². The minimum atomic E-state index is -0.0803. The number of unbranched alkanes of at least 4 members (excludes halogenated alkanes) is 1. The van der Waals surface area contributed by atoms with Gasteiger partial charge in [0.05, 0.1) is 0 Å². The molecule has 0 aliphatic heterocycles. The zero-order valence-corrected chi connectivity index (χ0v) is 15.5. The second-order valence-electron chi connectivity index (χ2n) is 6.19. The standard InChI is InChI=1S/C21H27N3O2/c1-3-4-13-24-21(26)19-11-7-17(8-12-19)15-23-14-16-5-9-18(10-6-16)20(25)22-2/h5-12,23H,3-4,13-15H2,1-2H3,(H,22,25)(H,24,26). The van der Waals surface area contributed by atoms with Gasteiger partial charge in [-0.05, 0) is 41.8 Å². The van der Waals surface area contributed by atoms with Crippen LogP contribution in [0.2, 0.25) is 0 Å². The summed E-state index contributed by atoms with van der Waals surface area (Å²) in [6, 6.07) is 15.2. The first kappa shape index (κ1) is 19.7. The average molecular weight is 353 g/mol. The number of rotatable bonds is 9. The van der Waals surface area contributed by atoms with Gasteiger partial charge in [-0.15, -0.1) is 0 Å². The smallest absolute Gasteiger partial charge is 0.251 e. The summed E-state index contributed by atoms with van der Waals surface area (Å²) in [4.78, 5) is 23.5. The molecular formula is C21H27N3O2. The molecule has 2 rings (SSSR count). The number of nitrogens with one attached hydrogen (secondary N) is 3. The SMILES string of the molecule is CCCCNC(=O)c1ccc(CNCc2ccc(C(=O)NC)cc2)cc1. The summed E-state index contributed by atoms with van der Waals surface area (Å²) >= 11 is 0. The molecule has 0 heterocycles. The van der Waals surface area contributed by atoms with Crippen molar-refractivity contribution in [1.82, 2.24) is 16.0 Å². The molecule has 0 aromatic heterocycles.